The van der Waals surface area contributed by atoms with Crippen LogP contribution in [-0.2, 0) is 9.74 Å². The van der Waals surface area contributed by atoms with Gasteiger partial charge < -0.3 is 1.43 Å². The molecule has 0 radical (unpaired) electrons. The Bertz CT molecular complexity index is 80.2. The summed E-state index contributed by atoms with van der Waals surface area (Å²) >= 11 is 0. The summed E-state index contributed by atoms with van der Waals surface area (Å²) in [6, 6.07) is 0. The molecule has 0 heterocycles. The summed E-state index contributed by atoms with van der Waals surface area (Å²) in [6.45, 7) is 0. The monoisotopic (exact) mass is 248 g/mol. The fourth-order valence-electron chi connectivity index (χ4n) is 0.0337. The third-order valence-electron chi connectivity index (χ3n) is 0.254. The van der Waals surface area contributed by atoms with Crippen molar-refractivity contribution in [2.24, 2.45) is 0 Å². The van der Waals surface area contributed by atoms with E-state index in [-0.39, 0.29) is 70.3 Å². The van der Waals surface area contributed by atoms with E-state index in [4.69, 9.17) is 4.79 Å². The van der Waals surface area contributed by atoms with Gasteiger partial charge in [-0.05, 0) is 0 Å². The minimum Gasteiger partial charge on any atom is -1.00 e. The molecular formula is C2H2CsF3O2. The third kappa shape index (κ3) is 5.45. The fraction of sp³-hybridized carbons (Fsp3) is 0.500. The standard InChI is InChI=1S/C2HF3O2.Cs.H/c3-1(4)2(6)7-5;;/h1H;;/q;+1;-1. The Morgan fingerprint density at radius 1 is 1.62 bits per heavy atom. The largest absolute Gasteiger partial charge is 1.00 e. The molecule has 0 rings (SSSR count). The number of carbonyl (C=O) groups is 1. The summed E-state index contributed by atoms with van der Waals surface area (Å²) < 4.78 is 31.7. The molecule has 0 saturated heterocycles. The van der Waals surface area contributed by atoms with Crippen LogP contribution in [0.3, 0.4) is 0 Å². The first-order chi connectivity index (χ1) is 3.18. The van der Waals surface area contributed by atoms with Crippen LogP contribution in [0.25, 0.3) is 0 Å². The van der Waals surface area contributed by atoms with Crippen molar-refractivity contribution in [3.63, 3.8) is 0 Å². The van der Waals surface area contributed by atoms with Crippen LogP contribution >= 0.6 is 0 Å². The van der Waals surface area contributed by atoms with E-state index in [9.17, 15) is 13.3 Å². The number of rotatable bonds is 1. The van der Waals surface area contributed by atoms with Gasteiger partial charge in [0.25, 0.3) is 0 Å². The number of carbonyl (C=O) groups excluding carboxylic acids is 1. The topological polar surface area (TPSA) is 26.3 Å². The second kappa shape index (κ2) is 6.43. The third-order valence-corrected chi connectivity index (χ3v) is 0.254. The molecule has 0 unspecified atom stereocenters. The number of hydrogen-bond acceptors (Lipinski definition) is 2. The fourth-order valence-corrected chi connectivity index (χ4v) is 0.0337. The van der Waals surface area contributed by atoms with Crippen LogP contribution in [0.1, 0.15) is 1.43 Å². The van der Waals surface area contributed by atoms with Crippen LogP contribution in [-0.4, -0.2) is 12.4 Å². The van der Waals surface area contributed by atoms with E-state index >= 15 is 0 Å². The molecule has 0 atom stereocenters. The number of halogens is 3. The Morgan fingerprint density at radius 2 is 2.00 bits per heavy atom. The molecule has 0 amide bonds. The van der Waals surface area contributed by atoms with E-state index in [0.29, 0.717) is 0 Å². The van der Waals surface area contributed by atoms with Crippen molar-refractivity contribution in [2.75, 3.05) is 0 Å². The van der Waals surface area contributed by atoms with Gasteiger partial charge >= 0.3 is 81.3 Å². The predicted octanol–water partition coefficient (Wildman–Crippen LogP) is -2.20. The van der Waals surface area contributed by atoms with Crippen molar-refractivity contribution in [1.82, 2.24) is 0 Å². The predicted molar refractivity (Wildman–Crippen MR) is 14.3 cm³/mol. The van der Waals surface area contributed by atoms with Crippen LogP contribution < -0.4 is 68.9 Å². The Labute approximate surface area is 104 Å². The molecule has 0 fully saturated rings. The van der Waals surface area contributed by atoms with Crippen LogP contribution in [0.5, 0.6) is 0 Å². The first kappa shape index (κ1) is 12.0. The molecule has 0 saturated carbocycles. The van der Waals surface area contributed by atoms with Crippen LogP contribution in [0.2, 0.25) is 0 Å². The second-order valence-electron chi connectivity index (χ2n) is 0.697. The van der Waals surface area contributed by atoms with Gasteiger partial charge in [0.15, 0.2) is 0 Å². The van der Waals surface area contributed by atoms with Crippen molar-refractivity contribution < 1.29 is 93.4 Å². The van der Waals surface area contributed by atoms with Crippen molar-refractivity contribution in [2.45, 2.75) is 6.43 Å². The average molecular weight is 248 g/mol. The summed E-state index contributed by atoms with van der Waals surface area (Å²) in [5.74, 6) is -2.15. The summed E-state index contributed by atoms with van der Waals surface area (Å²) in [6.07, 6.45) is -3.37. The van der Waals surface area contributed by atoms with Gasteiger partial charge in [0.1, 0.15) is 0 Å². The summed E-state index contributed by atoms with van der Waals surface area (Å²) in [4.78, 5) is 11.3. The first-order valence-electron chi connectivity index (χ1n) is 1.29. The minimum absolute atomic E-state index is 0. The second-order valence-corrected chi connectivity index (χ2v) is 0.697. The molecule has 2 nitrogen and oxygen atoms in total. The maximum absolute atomic E-state index is 10.7. The zero-order valence-electron chi connectivity index (χ0n) is 5.03. The molecule has 0 aliphatic carbocycles. The van der Waals surface area contributed by atoms with Crippen molar-refractivity contribution >= 4 is 5.97 Å². The molecule has 44 valence electrons. The van der Waals surface area contributed by atoms with E-state index in [1.807, 2.05) is 0 Å². The SMILES string of the molecule is O=C(OF)C(F)F.[Cs+].[H-]. The maximum Gasteiger partial charge on any atom is 1.00 e. The first-order valence-corrected chi connectivity index (χ1v) is 1.29. The molecule has 0 aliphatic heterocycles. The van der Waals surface area contributed by atoms with Crippen LogP contribution in [0.15, 0.2) is 0 Å². The Hall–Kier alpha value is 1.31. The van der Waals surface area contributed by atoms with E-state index < -0.39 is 12.4 Å². The van der Waals surface area contributed by atoms with Crippen molar-refractivity contribution in [1.29, 1.82) is 0 Å². The molecule has 0 spiro atoms. The van der Waals surface area contributed by atoms with Crippen LogP contribution in [0, 0.1) is 0 Å². The van der Waals surface area contributed by atoms with E-state index in [1.165, 1.54) is 0 Å². The Morgan fingerprint density at radius 3 is 2.00 bits per heavy atom. The molecule has 0 N–H and O–H groups in total. The maximum atomic E-state index is 10.7. The van der Waals surface area contributed by atoms with E-state index in [0.717, 1.165) is 0 Å². The average Bonchev–Trinajstić information content (AvgIpc) is 1.65. The van der Waals surface area contributed by atoms with Gasteiger partial charge in [0.05, 0.1) is 0 Å². The normalized spacial score (nSPS) is 8.00. The minimum atomic E-state index is -3.37. The zero-order chi connectivity index (χ0) is 5.86. The van der Waals surface area contributed by atoms with Crippen LogP contribution in [0.4, 0.5) is 13.3 Å². The molecule has 0 aromatic carbocycles. The van der Waals surface area contributed by atoms with E-state index in [1.54, 1.807) is 0 Å². The summed E-state index contributed by atoms with van der Waals surface area (Å²) in [5.41, 5.74) is 0. The Kier molecular flexibility index (Phi) is 9.68. The quantitative estimate of drug-likeness (QED) is 0.526. The van der Waals surface area contributed by atoms with Gasteiger partial charge in [-0.25, -0.2) is 9.74 Å². The smallest absolute Gasteiger partial charge is 1.00 e. The van der Waals surface area contributed by atoms with Gasteiger partial charge in [0, 0.05) is 4.53 Å². The summed E-state index contributed by atoms with van der Waals surface area (Å²) in [7, 11) is 0. The van der Waals surface area contributed by atoms with Gasteiger partial charge in [-0.15, -0.1) is 0 Å². The number of alkyl halides is 2. The summed E-state index contributed by atoms with van der Waals surface area (Å²) in [5, 5.41) is 0. The van der Waals surface area contributed by atoms with Crippen molar-refractivity contribution in [3.05, 3.63) is 0 Å². The molecule has 0 aromatic heterocycles. The molecular weight excluding hydrogens is 246 g/mol. The molecule has 6 heteroatoms. The van der Waals surface area contributed by atoms with Gasteiger partial charge in [-0.3, -0.25) is 0 Å². The molecule has 0 bridgehead atoms. The molecule has 8 heavy (non-hydrogen) atoms. The van der Waals surface area contributed by atoms with Gasteiger partial charge in [0.2, 0.25) is 0 Å². The number of hydrogen-bond donors (Lipinski definition) is 0. The van der Waals surface area contributed by atoms with Gasteiger partial charge in [-0.2, -0.15) is 8.78 Å². The van der Waals surface area contributed by atoms with Crippen molar-refractivity contribution in [3.8, 4) is 0 Å². The van der Waals surface area contributed by atoms with E-state index in [2.05, 4.69) is 4.94 Å². The molecule has 0 aliphatic rings. The Balaban J connectivity index is -0.000000180. The molecule has 0 aromatic rings. The zero-order valence-corrected chi connectivity index (χ0v) is 10.3. The van der Waals surface area contributed by atoms with Gasteiger partial charge in [-0.1, -0.05) is 0 Å².